The van der Waals surface area contributed by atoms with Crippen LogP contribution in [0.5, 0.6) is 0 Å². The lowest BCUT2D eigenvalue weighted by Gasteiger charge is -2.19. The van der Waals surface area contributed by atoms with Crippen LogP contribution in [0.25, 0.3) is 10.8 Å². The van der Waals surface area contributed by atoms with Crippen molar-refractivity contribution in [3.8, 4) is 0 Å². The molecule has 7 heteroatoms. The first-order valence-electron chi connectivity index (χ1n) is 8.76. The van der Waals surface area contributed by atoms with E-state index >= 15 is 0 Å². The second kappa shape index (κ2) is 7.56. The molecule has 0 radical (unpaired) electrons. The molecule has 144 valence electrons. The van der Waals surface area contributed by atoms with Gasteiger partial charge in [0.05, 0.1) is 10.3 Å². The number of nitro groups is 1. The monoisotopic (exact) mass is 379 g/mol. The number of nitrogens with zero attached hydrogens (tertiary/aromatic N) is 1. The summed E-state index contributed by atoms with van der Waals surface area (Å²) in [6, 6.07) is 17.6. The summed E-state index contributed by atoms with van der Waals surface area (Å²) in [7, 11) is 0. The average Bonchev–Trinajstić information content (AvgIpc) is 2.59. The van der Waals surface area contributed by atoms with E-state index in [2.05, 4.69) is 10.6 Å². The number of carbonyl (C=O) groups is 1. The van der Waals surface area contributed by atoms with E-state index in [1.54, 1.807) is 63.2 Å². The average molecular weight is 379 g/mol. The molecule has 0 heterocycles. The molecule has 0 atom stereocenters. The van der Waals surface area contributed by atoms with Gasteiger partial charge in [0, 0.05) is 11.4 Å². The highest BCUT2D eigenvalue weighted by Crippen LogP contribution is 2.35. The zero-order valence-corrected chi connectivity index (χ0v) is 15.9. The lowest BCUT2D eigenvalue weighted by molar-refractivity contribution is -0.382. The Bertz CT molecular complexity index is 1040. The highest BCUT2D eigenvalue weighted by molar-refractivity contribution is 5.97. The van der Waals surface area contributed by atoms with Gasteiger partial charge in [-0.1, -0.05) is 30.3 Å². The molecule has 0 unspecified atom stereocenters. The minimum Gasteiger partial charge on any atom is -0.444 e. The number of fused-ring (bicyclic) bond motifs is 1. The van der Waals surface area contributed by atoms with Crippen molar-refractivity contribution in [2.24, 2.45) is 0 Å². The maximum atomic E-state index is 11.9. The predicted molar refractivity (Wildman–Crippen MR) is 110 cm³/mol. The molecular weight excluding hydrogens is 358 g/mol. The van der Waals surface area contributed by atoms with Crippen LogP contribution in [0.4, 0.5) is 27.5 Å². The molecule has 2 N–H and O–H groups in total. The molecule has 3 rings (SSSR count). The van der Waals surface area contributed by atoms with Crippen molar-refractivity contribution in [1.82, 2.24) is 0 Å². The summed E-state index contributed by atoms with van der Waals surface area (Å²) >= 11 is 0. The van der Waals surface area contributed by atoms with Crippen LogP contribution < -0.4 is 10.6 Å². The fraction of sp³-hybridized carbons (Fsp3) is 0.190. The Kier molecular flexibility index (Phi) is 5.17. The number of ether oxygens (including phenoxy) is 1. The van der Waals surface area contributed by atoms with Crippen LogP contribution in [0.15, 0.2) is 60.7 Å². The first kappa shape index (κ1) is 19.2. The quantitative estimate of drug-likeness (QED) is 0.439. The number of amides is 1. The summed E-state index contributed by atoms with van der Waals surface area (Å²) in [5.74, 6) is 0. The Morgan fingerprint density at radius 1 is 1.00 bits per heavy atom. The molecule has 28 heavy (non-hydrogen) atoms. The maximum absolute atomic E-state index is 11.9. The Morgan fingerprint density at radius 2 is 1.71 bits per heavy atom. The number of nitro benzene ring substituents is 1. The third kappa shape index (κ3) is 4.56. The van der Waals surface area contributed by atoms with Gasteiger partial charge in [-0.2, -0.15) is 0 Å². The number of hydrogen-bond acceptors (Lipinski definition) is 5. The van der Waals surface area contributed by atoms with Gasteiger partial charge in [-0.3, -0.25) is 15.4 Å². The molecular formula is C21H21N3O4. The second-order valence-corrected chi connectivity index (χ2v) is 7.27. The van der Waals surface area contributed by atoms with Crippen LogP contribution in [-0.4, -0.2) is 16.6 Å². The number of anilines is 3. The number of hydrogen-bond donors (Lipinski definition) is 2. The van der Waals surface area contributed by atoms with Crippen LogP contribution in [0.3, 0.4) is 0 Å². The van der Waals surface area contributed by atoms with Crippen LogP contribution >= 0.6 is 0 Å². The van der Waals surface area contributed by atoms with E-state index in [0.717, 1.165) is 5.39 Å². The minimum absolute atomic E-state index is 0.00334. The Morgan fingerprint density at radius 3 is 2.43 bits per heavy atom. The predicted octanol–water partition coefficient (Wildman–Crippen LogP) is 5.84. The fourth-order valence-electron chi connectivity index (χ4n) is 2.80. The van der Waals surface area contributed by atoms with E-state index in [1.807, 2.05) is 18.2 Å². The fourth-order valence-corrected chi connectivity index (χ4v) is 2.80. The van der Waals surface area contributed by atoms with E-state index in [0.29, 0.717) is 22.4 Å². The van der Waals surface area contributed by atoms with Gasteiger partial charge in [0.2, 0.25) is 0 Å². The standard InChI is InChI=1S/C21H21N3O4/c1-21(2,3)28-20(25)23-16-9-6-8-15(13-16)22-18-12-11-14-7-4-5-10-17(14)19(18)24(26)27/h4-13,22H,1-3H3,(H,23,25). The molecule has 0 spiro atoms. The van der Waals surface area contributed by atoms with E-state index in [9.17, 15) is 14.9 Å². The van der Waals surface area contributed by atoms with Crippen molar-refractivity contribution in [2.45, 2.75) is 26.4 Å². The van der Waals surface area contributed by atoms with Gasteiger partial charge in [0.15, 0.2) is 0 Å². The smallest absolute Gasteiger partial charge is 0.412 e. The molecule has 7 nitrogen and oxygen atoms in total. The summed E-state index contributed by atoms with van der Waals surface area (Å²) in [6.45, 7) is 5.34. The third-order valence-electron chi connectivity index (χ3n) is 3.87. The number of carbonyl (C=O) groups excluding carboxylic acids is 1. The minimum atomic E-state index is -0.606. The SMILES string of the molecule is CC(C)(C)OC(=O)Nc1cccc(Nc2ccc3ccccc3c2[N+](=O)[O-])c1. The Balaban J connectivity index is 1.87. The van der Waals surface area contributed by atoms with Crippen molar-refractivity contribution in [2.75, 3.05) is 10.6 Å². The summed E-state index contributed by atoms with van der Waals surface area (Å²) in [5.41, 5.74) is 0.891. The normalized spacial score (nSPS) is 11.1. The van der Waals surface area contributed by atoms with Crippen molar-refractivity contribution in [3.05, 3.63) is 70.8 Å². The van der Waals surface area contributed by atoms with Crippen LogP contribution in [0.2, 0.25) is 0 Å². The molecule has 0 aliphatic carbocycles. The summed E-state index contributed by atoms with van der Waals surface area (Å²) in [4.78, 5) is 23.2. The van der Waals surface area contributed by atoms with Crippen molar-refractivity contribution >= 4 is 39.6 Å². The van der Waals surface area contributed by atoms with Gasteiger partial charge in [0.25, 0.3) is 5.69 Å². The first-order chi connectivity index (χ1) is 13.2. The molecule has 0 saturated heterocycles. The Labute approximate surface area is 162 Å². The van der Waals surface area contributed by atoms with Gasteiger partial charge in [0.1, 0.15) is 11.3 Å². The largest absolute Gasteiger partial charge is 0.444 e. The Hall–Kier alpha value is -3.61. The maximum Gasteiger partial charge on any atom is 0.412 e. The number of nitrogens with one attached hydrogen (secondary N) is 2. The summed E-state index contributed by atoms with van der Waals surface area (Å²) < 4.78 is 5.24. The van der Waals surface area contributed by atoms with Crippen molar-refractivity contribution in [1.29, 1.82) is 0 Å². The highest BCUT2D eigenvalue weighted by atomic mass is 16.6. The highest BCUT2D eigenvalue weighted by Gasteiger charge is 2.19. The molecule has 1 amide bonds. The number of benzene rings is 3. The molecule has 0 saturated carbocycles. The van der Waals surface area contributed by atoms with Gasteiger partial charge in [-0.15, -0.1) is 0 Å². The van der Waals surface area contributed by atoms with E-state index in [4.69, 9.17) is 4.74 Å². The lowest BCUT2D eigenvalue weighted by Crippen LogP contribution is -2.27. The van der Waals surface area contributed by atoms with Gasteiger partial charge in [-0.25, -0.2) is 4.79 Å². The van der Waals surface area contributed by atoms with E-state index in [1.165, 1.54) is 0 Å². The van der Waals surface area contributed by atoms with Gasteiger partial charge in [-0.05, 0) is 56.5 Å². The van der Waals surface area contributed by atoms with Gasteiger partial charge < -0.3 is 10.1 Å². The topological polar surface area (TPSA) is 93.5 Å². The molecule has 0 fully saturated rings. The summed E-state index contributed by atoms with van der Waals surface area (Å²) in [6.07, 6.45) is -0.568. The summed E-state index contributed by atoms with van der Waals surface area (Å²) in [5, 5.41) is 18.7. The van der Waals surface area contributed by atoms with E-state index < -0.39 is 16.6 Å². The van der Waals surface area contributed by atoms with Crippen molar-refractivity contribution < 1.29 is 14.5 Å². The lowest BCUT2D eigenvalue weighted by atomic mass is 10.1. The zero-order chi connectivity index (χ0) is 20.3. The molecule has 0 aromatic heterocycles. The van der Waals surface area contributed by atoms with E-state index in [-0.39, 0.29) is 5.69 Å². The second-order valence-electron chi connectivity index (χ2n) is 7.27. The zero-order valence-electron chi connectivity index (χ0n) is 15.9. The van der Waals surface area contributed by atoms with Crippen LogP contribution in [0, 0.1) is 10.1 Å². The molecule has 0 aliphatic rings. The molecule has 0 bridgehead atoms. The third-order valence-corrected chi connectivity index (χ3v) is 3.87. The van der Waals surface area contributed by atoms with Crippen LogP contribution in [0.1, 0.15) is 20.8 Å². The molecule has 3 aromatic carbocycles. The molecule has 3 aromatic rings. The first-order valence-corrected chi connectivity index (χ1v) is 8.76. The van der Waals surface area contributed by atoms with Crippen molar-refractivity contribution in [3.63, 3.8) is 0 Å². The van der Waals surface area contributed by atoms with Gasteiger partial charge >= 0.3 is 6.09 Å². The number of rotatable bonds is 4. The van der Waals surface area contributed by atoms with Crippen LogP contribution in [-0.2, 0) is 4.74 Å². The molecule has 0 aliphatic heterocycles.